The summed E-state index contributed by atoms with van der Waals surface area (Å²) in [7, 11) is 3.37. The second-order valence-electron chi connectivity index (χ2n) is 4.76. The van der Waals surface area contributed by atoms with Crippen molar-refractivity contribution in [3.05, 3.63) is 29.3 Å². The van der Waals surface area contributed by atoms with Gasteiger partial charge < -0.3 is 19.6 Å². The van der Waals surface area contributed by atoms with E-state index in [9.17, 15) is 9.90 Å². The molecule has 1 aliphatic heterocycles. The highest BCUT2D eigenvalue weighted by Crippen LogP contribution is 2.21. The first-order valence-electron chi connectivity index (χ1n) is 6.04. The van der Waals surface area contributed by atoms with Gasteiger partial charge >= 0.3 is 6.03 Å². The highest BCUT2D eigenvalue weighted by atomic mass is 35.5. The zero-order valence-electron chi connectivity index (χ0n) is 10.9. The van der Waals surface area contributed by atoms with Crippen molar-refractivity contribution < 1.29 is 14.6 Å². The van der Waals surface area contributed by atoms with Crippen molar-refractivity contribution in [2.75, 3.05) is 27.2 Å². The lowest BCUT2D eigenvalue weighted by Crippen LogP contribution is -2.38. The van der Waals surface area contributed by atoms with Gasteiger partial charge in [-0.2, -0.15) is 0 Å². The Morgan fingerprint density at radius 3 is 2.58 bits per heavy atom. The molecule has 0 aliphatic carbocycles. The third kappa shape index (κ3) is 3.30. The van der Waals surface area contributed by atoms with E-state index in [0.717, 1.165) is 0 Å². The second kappa shape index (κ2) is 5.67. The molecule has 1 aromatic rings. The molecule has 2 rings (SSSR count). The van der Waals surface area contributed by atoms with Crippen LogP contribution in [0, 0.1) is 0 Å². The number of nitrogens with zero attached hydrogens (tertiary/aromatic N) is 2. The van der Waals surface area contributed by atoms with E-state index in [1.54, 1.807) is 43.3 Å². The molecule has 1 fully saturated rings. The van der Waals surface area contributed by atoms with Crippen molar-refractivity contribution in [1.82, 2.24) is 9.80 Å². The minimum atomic E-state index is -0.681. The monoisotopic (exact) mass is 284 g/mol. The number of ether oxygens (including phenoxy) is 1. The van der Waals surface area contributed by atoms with E-state index in [-0.39, 0.29) is 12.6 Å². The summed E-state index contributed by atoms with van der Waals surface area (Å²) in [6.45, 7) is 0.663. The standard InChI is InChI=1S/C13H17ClN2O3/c1-15(2)13(18)16-7-11(17)12(8-16)19-10-5-3-9(14)4-6-10/h3-6,11-12,17H,7-8H2,1-2H3. The molecule has 1 aliphatic rings. The predicted molar refractivity (Wildman–Crippen MR) is 72.5 cm³/mol. The molecule has 0 saturated carbocycles. The lowest BCUT2D eigenvalue weighted by molar-refractivity contribution is 0.0737. The van der Waals surface area contributed by atoms with Gasteiger partial charge in [-0.25, -0.2) is 4.79 Å². The number of carbonyl (C=O) groups excluding carboxylic acids is 1. The Morgan fingerprint density at radius 1 is 1.37 bits per heavy atom. The SMILES string of the molecule is CN(C)C(=O)N1CC(O)C(Oc2ccc(Cl)cc2)C1. The molecular formula is C13H17ClN2O3. The average Bonchev–Trinajstić information content (AvgIpc) is 2.72. The van der Waals surface area contributed by atoms with Crippen LogP contribution in [0.15, 0.2) is 24.3 Å². The Hall–Kier alpha value is -1.46. The Kier molecular flexibility index (Phi) is 4.17. The molecule has 0 spiro atoms. The quantitative estimate of drug-likeness (QED) is 0.894. The van der Waals surface area contributed by atoms with E-state index in [2.05, 4.69) is 0 Å². The number of rotatable bonds is 2. The summed E-state index contributed by atoms with van der Waals surface area (Å²) in [5.41, 5.74) is 0. The number of likely N-dealkylation sites (tertiary alicyclic amines) is 1. The molecule has 0 bridgehead atoms. The number of halogens is 1. The number of hydrogen-bond acceptors (Lipinski definition) is 3. The minimum absolute atomic E-state index is 0.124. The highest BCUT2D eigenvalue weighted by Gasteiger charge is 2.36. The van der Waals surface area contributed by atoms with Gasteiger partial charge in [0.05, 0.1) is 13.1 Å². The van der Waals surface area contributed by atoms with Crippen LogP contribution >= 0.6 is 11.6 Å². The van der Waals surface area contributed by atoms with Crippen molar-refractivity contribution in [2.24, 2.45) is 0 Å². The van der Waals surface area contributed by atoms with Gasteiger partial charge in [0, 0.05) is 19.1 Å². The lowest BCUT2D eigenvalue weighted by atomic mass is 10.2. The van der Waals surface area contributed by atoms with E-state index in [4.69, 9.17) is 16.3 Å². The molecule has 2 unspecified atom stereocenters. The summed E-state index contributed by atoms with van der Waals surface area (Å²) < 4.78 is 5.68. The van der Waals surface area contributed by atoms with Crippen LogP contribution in [0.1, 0.15) is 0 Å². The van der Waals surface area contributed by atoms with Crippen molar-refractivity contribution in [2.45, 2.75) is 12.2 Å². The molecule has 0 aromatic heterocycles. The first kappa shape index (κ1) is 14.0. The largest absolute Gasteiger partial charge is 0.486 e. The van der Waals surface area contributed by atoms with Gasteiger partial charge in [-0.1, -0.05) is 11.6 Å². The van der Waals surface area contributed by atoms with Crippen LogP contribution < -0.4 is 4.74 Å². The van der Waals surface area contributed by atoms with E-state index < -0.39 is 12.2 Å². The predicted octanol–water partition coefficient (Wildman–Crippen LogP) is 1.45. The van der Waals surface area contributed by atoms with E-state index in [1.807, 2.05) is 0 Å². The Morgan fingerprint density at radius 2 is 2.00 bits per heavy atom. The van der Waals surface area contributed by atoms with Crippen LogP contribution in [0.4, 0.5) is 4.79 Å². The number of hydrogen-bond donors (Lipinski definition) is 1. The van der Waals surface area contributed by atoms with Crippen LogP contribution in [0.5, 0.6) is 5.75 Å². The van der Waals surface area contributed by atoms with Crippen LogP contribution in [0.3, 0.4) is 0 Å². The lowest BCUT2D eigenvalue weighted by Gasteiger charge is -2.20. The second-order valence-corrected chi connectivity index (χ2v) is 5.20. The maximum atomic E-state index is 11.8. The third-order valence-electron chi connectivity index (χ3n) is 2.99. The fourth-order valence-corrected chi connectivity index (χ4v) is 2.13. The smallest absolute Gasteiger partial charge is 0.319 e. The topological polar surface area (TPSA) is 53.0 Å². The first-order chi connectivity index (χ1) is 8.97. The molecule has 104 valence electrons. The van der Waals surface area contributed by atoms with Crippen LogP contribution in [-0.4, -0.2) is 60.3 Å². The normalized spacial score (nSPS) is 22.4. The van der Waals surface area contributed by atoms with Gasteiger partial charge in [0.25, 0.3) is 0 Å². The highest BCUT2D eigenvalue weighted by molar-refractivity contribution is 6.30. The van der Waals surface area contributed by atoms with E-state index >= 15 is 0 Å². The van der Waals surface area contributed by atoms with Gasteiger partial charge in [-0.3, -0.25) is 0 Å². The molecule has 1 N–H and O–H groups in total. The summed E-state index contributed by atoms with van der Waals surface area (Å²) in [5.74, 6) is 0.632. The van der Waals surface area contributed by atoms with Gasteiger partial charge in [0.1, 0.15) is 18.0 Å². The van der Waals surface area contributed by atoms with E-state index in [1.165, 1.54) is 4.90 Å². The Bertz CT molecular complexity index is 450. The van der Waals surface area contributed by atoms with Crippen LogP contribution in [0.2, 0.25) is 5.02 Å². The summed E-state index contributed by atoms with van der Waals surface area (Å²) >= 11 is 5.79. The minimum Gasteiger partial charge on any atom is -0.486 e. The van der Waals surface area contributed by atoms with Crippen LogP contribution in [-0.2, 0) is 0 Å². The zero-order chi connectivity index (χ0) is 14.0. The molecule has 19 heavy (non-hydrogen) atoms. The number of benzene rings is 1. The third-order valence-corrected chi connectivity index (χ3v) is 3.24. The summed E-state index contributed by atoms with van der Waals surface area (Å²) in [4.78, 5) is 14.9. The Balaban J connectivity index is 1.98. The number of urea groups is 1. The van der Waals surface area contributed by atoms with Crippen molar-refractivity contribution in [3.63, 3.8) is 0 Å². The molecule has 1 saturated heterocycles. The molecular weight excluding hydrogens is 268 g/mol. The maximum Gasteiger partial charge on any atom is 0.319 e. The molecule has 5 nitrogen and oxygen atoms in total. The Labute approximate surface area is 117 Å². The molecule has 1 aromatic carbocycles. The van der Waals surface area contributed by atoms with Gasteiger partial charge in [0.2, 0.25) is 0 Å². The molecule has 0 radical (unpaired) electrons. The fourth-order valence-electron chi connectivity index (χ4n) is 2.00. The van der Waals surface area contributed by atoms with Crippen LogP contribution in [0.25, 0.3) is 0 Å². The molecule has 6 heteroatoms. The van der Waals surface area contributed by atoms with Gasteiger partial charge in [-0.15, -0.1) is 0 Å². The molecule has 2 atom stereocenters. The summed E-state index contributed by atoms with van der Waals surface area (Å²) in [6.07, 6.45) is -1.09. The first-order valence-corrected chi connectivity index (χ1v) is 6.41. The van der Waals surface area contributed by atoms with E-state index in [0.29, 0.717) is 17.3 Å². The zero-order valence-corrected chi connectivity index (χ0v) is 11.7. The number of aliphatic hydroxyl groups is 1. The molecule has 1 heterocycles. The fraction of sp³-hybridized carbons (Fsp3) is 0.462. The number of aliphatic hydroxyl groups excluding tert-OH is 1. The maximum absolute atomic E-state index is 11.8. The van der Waals surface area contributed by atoms with Gasteiger partial charge in [0.15, 0.2) is 0 Å². The van der Waals surface area contributed by atoms with Crippen molar-refractivity contribution >= 4 is 17.6 Å². The van der Waals surface area contributed by atoms with Gasteiger partial charge in [-0.05, 0) is 24.3 Å². The van der Waals surface area contributed by atoms with Crippen molar-refractivity contribution in [3.8, 4) is 5.75 Å². The molecule has 2 amide bonds. The summed E-state index contributed by atoms with van der Waals surface area (Å²) in [5, 5.41) is 10.6. The number of β-amino-alcohol motifs (C(OH)–C–C–N with tert-alkyl or cyclic N) is 1. The number of amides is 2. The van der Waals surface area contributed by atoms with Crippen molar-refractivity contribution in [1.29, 1.82) is 0 Å². The summed E-state index contributed by atoms with van der Waals surface area (Å²) in [6, 6.07) is 6.81. The average molecular weight is 285 g/mol. The number of carbonyl (C=O) groups is 1.